The topological polar surface area (TPSA) is 338 Å². The Bertz CT molecular complexity index is 3810. The van der Waals surface area contributed by atoms with Crippen LogP contribution in [-0.4, -0.2) is 53.8 Å². The van der Waals surface area contributed by atoms with Gasteiger partial charge in [0.25, 0.3) is 0 Å². The number of benzene rings is 6. The normalized spacial score (nSPS) is 11.5. The third-order valence-electron chi connectivity index (χ3n) is 9.73. The molecule has 0 aliphatic heterocycles. The Morgan fingerprint density at radius 3 is 1.85 bits per heavy atom. The summed E-state index contributed by atoms with van der Waals surface area (Å²) >= 11 is 0.890. The van der Waals surface area contributed by atoms with Crippen LogP contribution >= 0.6 is 11.3 Å². The number of nitro benzene ring substituents is 1. The van der Waals surface area contributed by atoms with Crippen molar-refractivity contribution in [1.82, 2.24) is 9.97 Å². The standard InChI is InChI=1S/C42H27N10O11S4.4Li/c1-23-35(22-43)39(44-28-9-14-32(15-10-28)65(55,56)57)47-40(45-29-11-16-33(17-12-29)66(58,59)60)37(23)49-51-42-46-38(27-7-6-24-4-2-3-5-25(24)18-27)41(64-42)50-48-30-19-26-8-13-31(52(53)54)21-34(26)36(20-30)67(61,62)63;;;;/h2-7,9-21H,1H3,(H2,44,45,47)(H,55,56,57)(H,58,59,60)(H,61,62,63);;;;/q-1;4*+1/p-3. The molecule has 0 amide bonds. The Balaban J connectivity index is 0.00000274. The van der Waals surface area contributed by atoms with Crippen LogP contribution in [0.5, 0.6) is 0 Å². The minimum atomic E-state index is -5.18. The van der Waals surface area contributed by atoms with E-state index in [1.165, 1.54) is 37.3 Å². The van der Waals surface area contributed by atoms with E-state index in [2.05, 4.69) is 53.2 Å². The summed E-state index contributed by atoms with van der Waals surface area (Å²) in [5.74, 6) is -0.0982. The van der Waals surface area contributed by atoms with Crippen molar-refractivity contribution in [3.8, 4) is 17.3 Å². The Labute approximate surface area is 456 Å². The number of fused-ring (bicyclic) bond motifs is 2. The van der Waals surface area contributed by atoms with E-state index in [-0.39, 0.29) is 148 Å². The zero-order valence-electron chi connectivity index (χ0n) is 37.7. The molecule has 0 saturated heterocycles. The zero-order chi connectivity index (χ0) is 47.8. The van der Waals surface area contributed by atoms with Gasteiger partial charge in [0.1, 0.15) is 47.8 Å². The van der Waals surface area contributed by atoms with Crippen molar-refractivity contribution in [3.63, 3.8) is 0 Å². The third kappa shape index (κ3) is 13.3. The number of hydrogen-bond donors (Lipinski definition) is 2. The van der Waals surface area contributed by atoms with E-state index in [4.69, 9.17) is 0 Å². The fourth-order valence-electron chi connectivity index (χ4n) is 6.54. The number of azo groups is 2. The van der Waals surface area contributed by atoms with Crippen molar-refractivity contribution in [2.75, 3.05) is 10.6 Å². The largest absolute Gasteiger partial charge is 1.00 e. The quantitative estimate of drug-likeness (QED) is 0.0300. The smallest absolute Gasteiger partial charge is 0.745 e. The molecule has 0 atom stereocenters. The molecule has 0 aliphatic rings. The molecule has 0 radical (unpaired) electrons. The molecule has 71 heavy (non-hydrogen) atoms. The van der Waals surface area contributed by atoms with Gasteiger partial charge in [-0.3, -0.25) is 10.1 Å². The Morgan fingerprint density at radius 1 is 0.690 bits per heavy atom. The van der Waals surface area contributed by atoms with Gasteiger partial charge in [0.2, 0.25) is 5.13 Å². The Hall–Kier alpha value is -5.57. The predicted octanol–water partition coefficient (Wildman–Crippen LogP) is -2.55. The van der Waals surface area contributed by atoms with Gasteiger partial charge in [0.05, 0.1) is 15.4 Å². The maximum Gasteiger partial charge on any atom is 1.00 e. The predicted molar refractivity (Wildman–Crippen MR) is 240 cm³/mol. The number of nitro groups is 1. The van der Waals surface area contributed by atoms with E-state index in [1.807, 2.05) is 36.4 Å². The molecule has 0 saturated carbocycles. The van der Waals surface area contributed by atoms with Crippen LogP contribution in [0.25, 0.3) is 32.8 Å². The summed E-state index contributed by atoms with van der Waals surface area (Å²) in [4.78, 5) is 18.1. The van der Waals surface area contributed by atoms with Crippen LogP contribution in [0.1, 0.15) is 11.1 Å². The summed E-state index contributed by atoms with van der Waals surface area (Å²) in [7, 11) is -14.7. The fourth-order valence-corrected chi connectivity index (χ4v) is 8.91. The first kappa shape index (κ1) is 58.0. The maximum atomic E-state index is 12.3. The second-order valence-electron chi connectivity index (χ2n) is 14.1. The fraction of sp³-hybridized carbons (Fsp3) is 0.0238. The van der Waals surface area contributed by atoms with Crippen molar-refractivity contribution in [1.29, 1.82) is 5.26 Å². The van der Waals surface area contributed by atoms with Crippen molar-refractivity contribution < 1.29 is 119 Å². The van der Waals surface area contributed by atoms with Gasteiger partial charge in [-0.25, -0.2) is 35.2 Å². The summed E-state index contributed by atoms with van der Waals surface area (Å²) in [5.41, 5.74) is 0.822. The number of rotatable bonds is 13. The maximum absolute atomic E-state index is 12.3. The third-order valence-corrected chi connectivity index (χ3v) is 13.1. The molecule has 0 bridgehead atoms. The Morgan fingerprint density at radius 2 is 1.28 bits per heavy atom. The molecule has 0 fully saturated rings. The van der Waals surface area contributed by atoms with Gasteiger partial charge in [-0.15, -0.1) is 32.9 Å². The van der Waals surface area contributed by atoms with Crippen LogP contribution in [-0.2, 0) is 30.4 Å². The van der Waals surface area contributed by atoms with E-state index in [0.29, 0.717) is 5.56 Å². The number of non-ortho nitro benzene ring substituents is 1. The van der Waals surface area contributed by atoms with E-state index >= 15 is 0 Å². The van der Waals surface area contributed by atoms with Crippen molar-refractivity contribution in [2.24, 2.45) is 20.5 Å². The number of anilines is 4. The molecule has 2 N–H and O–H groups in total. The van der Waals surface area contributed by atoms with Gasteiger partial charge in [-0.2, -0.15) is 10.4 Å². The van der Waals surface area contributed by atoms with E-state index in [9.17, 15) is 54.3 Å². The van der Waals surface area contributed by atoms with Gasteiger partial charge in [0.15, 0.2) is 22.3 Å². The van der Waals surface area contributed by atoms with Crippen LogP contribution in [0.15, 0.2) is 150 Å². The number of pyridine rings is 1. The minimum Gasteiger partial charge on any atom is -0.745 e. The van der Waals surface area contributed by atoms with Gasteiger partial charge in [0, 0.05) is 38.0 Å². The first-order chi connectivity index (χ1) is 31.7. The van der Waals surface area contributed by atoms with Crippen LogP contribution in [0.2, 0.25) is 0 Å². The minimum absolute atomic E-state index is 0. The summed E-state index contributed by atoms with van der Waals surface area (Å²) in [5, 5.41) is 46.7. The summed E-state index contributed by atoms with van der Waals surface area (Å²) in [6.45, 7) is 1.53. The van der Waals surface area contributed by atoms with E-state index in [1.54, 1.807) is 6.07 Å². The molecule has 0 spiro atoms. The molecular formula is C42H24Li4N10O11S4. The number of nitriles is 1. The Kier molecular flexibility index (Phi) is 19.1. The first-order valence-corrected chi connectivity index (χ1v) is 23.8. The number of nitrogens with zero attached hydrogens (tertiary/aromatic N) is 8. The molecule has 8 aromatic rings. The molecule has 21 nitrogen and oxygen atoms in total. The van der Waals surface area contributed by atoms with Crippen molar-refractivity contribution >= 4 is 113 Å². The second-order valence-corrected chi connectivity index (χ2v) is 19.1. The molecule has 8 rings (SSSR count). The molecule has 29 heteroatoms. The number of nitrogens with one attached hydrogen (secondary N) is 2. The average Bonchev–Trinajstić information content (AvgIpc) is 3.70. The van der Waals surface area contributed by atoms with Gasteiger partial charge in [-0.05, 0) is 78.4 Å². The summed E-state index contributed by atoms with van der Waals surface area (Å²) in [6.07, 6.45) is 0. The molecule has 0 unspecified atom stereocenters. The summed E-state index contributed by atoms with van der Waals surface area (Å²) < 4.78 is 106. The van der Waals surface area contributed by atoms with Crippen LogP contribution in [0, 0.1) is 34.4 Å². The average molecular weight is 1000 g/mol. The SMILES string of the molecule is Cc1c(C#N)c(Nc2ccc(S(=O)(=O)[O-])cc2)nc(Nc2ccc(S(=O)(=O)[O-])cc2)c1N=Nc1nc(-c2ccc3ccccc3c2)c(N=Nc2cc(S(=O)(=O)[O-])c3cc([N+](=O)[O-])c[c-]c3c2)s1.[Li+].[Li+].[Li+].[Li+]. The molecule has 2 heterocycles. The summed E-state index contributed by atoms with van der Waals surface area (Å²) in [6, 6.07) is 31.3. The van der Waals surface area contributed by atoms with E-state index in [0.717, 1.165) is 64.6 Å². The monoisotopic (exact) mass is 1000 g/mol. The van der Waals surface area contributed by atoms with Gasteiger partial charge >= 0.3 is 75.4 Å². The van der Waals surface area contributed by atoms with Crippen molar-refractivity contribution in [3.05, 3.63) is 143 Å². The number of aromatic nitrogens is 2. The molecule has 336 valence electrons. The van der Waals surface area contributed by atoms with Gasteiger partial charge in [-0.1, -0.05) is 65.3 Å². The second kappa shape index (κ2) is 23.3. The van der Waals surface area contributed by atoms with Crippen molar-refractivity contribution in [2.45, 2.75) is 21.6 Å². The molecule has 6 aromatic carbocycles. The number of hydrogen-bond acceptors (Lipinski definition) is 21. The number of thiazole rings is 1. The zero-order valence-corrected chi connectivity index (χ0v) is 40.9. The van der Waals surface area contributed by atoms with Crippen LogP contribution in [0.3, 0.4) is 0 Å². The van der Waals surface area contributed by atoms with Crippen LogP contribution in [0.4, 0.5) is 50.2 Å². The molecule has 2 aromatic heterocycles. The van der Waals surface area contributed by atoms with E-state index < -0.39 is 55.7 Å². The molecular weight excluding hydrogens is 977 g/mol. The first-order valence-electron chi connectivity index (χ1n) is 18.8. The van der Waals surface area contributed by atoms with Crippen LogP contribution < -0.4 is 86.1 Å². The van der Waals surface area contributed by atoms with Gasteiger partial charge < -0.3 is 24.3 Å². The molecule has 0 aliphatic carbocycles.